The molecule has 2 rings (SSSR count). The van der Waals surface area contributed by atoms with E-state index in [2.05, 4.69) is 48.8 Å². The Kier molecular flexibility index (Phi) is 2.17. The summed E-state index contributed by atoms with van der Waals surface area (Å²) in [5.41, 5.74) is 0. The number of nitrogens with one attached hydrogen (secondary N) is 1. The van der Waals surface area contributed by atoms with E-state index in [1.165, 1.54) is 0 Å². The van der Waals surface area contributed by atoms with Crippen LogP contribution in [0.25, 0.3) is 0 Å². The first-order chi connectivity index (χ1) is 6.40. The van der Waals surface area contributed by atoms with Crippen molar-refractivity contribution >= 4 is 12.6 Å². The maximum Gasteiger partial charge on any atom is 0.196 e. The molecule has 0 saturated carbocycles. The highest BCUT2D eigenvalue weighted by Crippen LogP contribution is 1.98. The smallest absolute Gasteiger partial charge is 0.196 e. The van der Waals surface area contributed by atoms with Crippen LogP contribution in [0.2, 0.25) is 0 Å². The normalized spacial score (nSPS) is 10.5. The highest BCUT2D eigenvalue weighted by molar-refractivity contribution is 7.79. The van der Waals surface area contributed by atoms with Crippen LogP contribution in [0, 0.1) is 0 Å². The molecular weight excluding hydrogens is 192 g/mol. The summed E-state index contributed by atoms with van der Waals surface area (Å²) < 4.78 is 1.57. The maximum absolute atomic E-state index is 4.07. The van der Waals surface area contributed by atoms with Gasteiger partial charge in [-0.25, -0.2) is 4.68 Å². The van der Waals surface area contributed by atoms with Crippen molar-refractivity contribution in [1.82, 2.24) is 40.8 Å². The third-order valence-corrected chi connectivity index (χ3v) is 1.71. The van der Waals surface area contributed by atoms with Crippen molar-refractivity contribution < 1.29 is 0 Å². The van der Waals surface area contributed by atoms with Crippen LogP contribution >= 0.6 is 12.6 Å². The van der Waals surface area contributed by atoms with Gasteiger partial charge in [-0.3, -0.25) is 0 Å². The molecule has 68 valence electrons. The van der Waals surface area contributed by atoms with Crippen LogP contribution in [-0.2, 0) is 12.3 Å². The molecule has 0 saturated heterocycles. The van der Waals surface area contributed by atoms with Crippen LogP contribution in [0.15, 0.2) is 0 Å². The minimum Gasteiger partial charge on any atom is -0.221 e. The van der Waals surface area contributed by atoms with Crippen molar-refractivity contribution in [2.24, 2.45) is 0 Å². The monoisotopic (exact) mass is 198 g/mol. The zero-order valence-corrected chi connectivity index (χ0v) is 7.39. The molecular formula is C4H6N8S. The number of H-pyrrole nitrogens is 1. The van der Waals surface area contributed by atoms with Gasteiger partial charge in [0.05, 0.1) is 5.75 Å². The minimum atomic E-state index is 0.402. The first kappa shape index (κ1) is 8.10. The Morgan fingerprint density at radius 2 is 2.31 bits per heavy atom. The molecule has 2 heterocycles. The van der Waals surface area contributed by atoms with E-state index in [1.807, 2.05) is 0 Å². The van der Waals surface area contributed by atoms with Crippen LogP contribution < -0.4 is 0 Å². The molecule has 9 heteroatoms. The SMILES string of the molecule is SCc1nnnn1Cc1nn[nH]n1. The molecule has 0 spiro atoms. The highest BCUT2D eigenvalue weighted by Gasteiger charge is 2.06. The second kappa shape index (κ2) is 3.47. The number of rotatable bonds is 3. The lowest BCUT2D eigenvalue weighted by Crippen LogP contribution is -2.07. The summed E-state index contributed by atoms with van der Waals surface area (Å²) >= 11 is 4.07. The molecule has 2 aromatic rings. The van der Waals surface area contributed by atoms with Crippen molar-refractivity contribution in [3.63, 3.8) is 0 Å². The van der Waals surface area contributed by atoms with Gasteiger partial charge < -0.3 is 0 Å². The van der Waals surface area contributed by atoms with Gasteiger partial charge in [0.1, 0.15) is 6.54 Å². The highest BCUT2D eigenvalue weighted by atomic mass is 32.1. The summed E-state index contributed by atoms with van der Waals surface area (Å²) in [5, 5.41) is 24.3. The van der Waals surface area contributed by atoms with E-state index < -0.39 is 0 Å². The molecule has 0 unspecified atom stereocenters. The van der Waals surface area contributed by atoms with E-state index in [1.54, 1.807) is 4.68 Å². The van der Waals surface area contributed by atoms with Crippen molar-refractivity contribution in [3.8, 4) is 0 Å². The maximum atomic E-state index is 4.07. The molecule has 0 aromatic carbocycles. The van der Waals surface area contributed by atoms with E-state index >= 15 is 0 Å². The van der Waals surface area contributed by atoms with Crippen LogP contribution in [0.5, 0.6) is 0 Å². The fourth-order valence-corrected chi connectivity index (χ4v) is 1.07. The third kappa shape index (κ3) is 1.64. The molecule has 1 N–H and O–H groups in total. The molecule has 0 amide bonds. The first-order valence-corrected chi connectivity index (χ1v) is 4.11. The number of hydrogen-bond donors (Lipinski definition) is 2. The number of nitrogens with zero attached hydrogens (tertiary/aromatic N) is 7. The standard InChI is InChI=1S/C4H6N8S/c13-2-4-7-10-11-12(4)1-3-5-8-9-6-3/h13H,1-2H2,(H,5,6,8,9). The number of thiol groups is 1. The lowest BCUT2D eigenvalue weighted by Gasteiger charge is -1.96. The minimum absolute atomic E-state index is 0.402. The lowest BCUT2D eigenvalue weighted by molar-refractivity contribution is 0.609. The van der Waals surface area contributed by atoms with Crippen molar-refractivity contribution in [2.75, 3.05) is 0 Å². The van der Waals surface area contributed by atoms with Crippen LogP contribution in [0.4, 0.5) is 0 Å². The Morgan fingerprint density at radius 1 is 1.38 bits per heavy atom. The van der Waals surface area contributed by atoms with Gasteiger partial charge in [-0.1, -0.05) is 5.21 Å². The molecule has 0 aliphatic rings. The quantitative estimate of drug-likeness (QED) is 0.592. The Balaban J connectivity index is 2.18. The van der Waals surface area contributed by atoms with Gasteiger partial charge in [0.15, 0.2) is 11.6 Å². The number of aromatic amines is 1. The predicted octanol–water partition coefficient (Wildman–Crippen LogP) is -1.34. The Bertz CT molecular complexity index is 365. The summed E-state index contributed by atoms with van der Waals surface area (Å²) in [4.78, 5) is 0. The average molecular weight is 198 g/mol. The van der Waals surface area contributed by atoms with Gasteiger partial charge >= 0.3 is 0 Å². The first-order valence-electron chi connectivity index (χ1n) is 3.48. The molecule has 0 aliphatic heterocycles. The fourth-order valence-electron chi connectivity index (χ4n) is 0.843. The van der Waals surface area contributed by atoms with Crippen molar-refractivity contribution in [1.29, 1.82) is 0 Å². The van der Waals surface area contributed by atoms with E-state index in [-0.39, 0.29) is 0 Å². The van der Waals surface area contributed by atoms with Gasteiger partial charge in [0.25, 0.3) is 0 Å². The lowest BCUT2D eigenvalue weighted by atomic mass is 10.6. The van der Waals surface area contributed by atoms with Gasteiger partial charge in [-0.05, 0) is 10.4 Å². The summed E-state index contributed by atoms with van der Waals surface area (Å²) in [5.74, 6) is 1.69. The molecule has 0 bridgehead atoms. The zero-order chi connectivity index (χ0) is 9.10. The fraction of sp³-hybridized carbons (Fsp3) is 0.500. The number of tetrazole rings is 2. The molecule has 0 atom stereocenters. The van der Waals surface area contributed by atoms with Crippen LogP contribution in [0.1, 0.15) is 11.6 Å². The second-order valence-electron chi connectivity index (χ2n) is 2.24. The predicted molar refractivity (Wildman–Crippen MR) is 43.8 cm³/mol. The van der Waals surface area contributed by atoms with Crippen LogP contribution in [-0.4, -0.2) is 40.8 Å². The van der Waals surface area contributed by atoms with E-state index in [4.69, 9.17) is 0 Å². The molecule has 0 aliphatic carbocycles. The summed E-state index contributed by atoms with van der Waals surface area (Å²) in [7, 11) is 0. The summed E-state index contributed by atoms with van der Waals surface area (Å²) in [6, 6.07) is 0. The van der Waals surface area contributed by atoms with Crippen molar-refractivity contribution in [2.45, 2.75) is 12.3 Å². The molecule has 8 nitrogen and oxygen atoms in total. The Hall–Kier alpha value is -1.51. The molecule has 0 fully saturated rings. The van der Waals surface area contributed by atoms with E-state index in [9.17, 15) is 0 Å². The van der Waals surface area contributed by atoms with Gasteiger partial charge in [-0.15, -0.1) is 15.3 Å². The van der Waals surface area contributed by atoms with E-state index in [0.29, 0.717) is 23.9 Å². The van der Waals surface area contributed by atoms with Gasteiger partial charge in [-0.2, -0.15) is 17.8 Å². The van der Waals surface area contributed by atoms with Gasteiger partial charge in [0, 0.05) is 0 Å². The Labute approximate surface area is 78.1 Å². The topological polar surface area (TPSA) is 98.1 Å². The molecule has 0 radical (unpaired) electrons. The zero-order valence-electron chi connectivity index (χ0n) is 6.49. The average Bonchev–Trinajstić information content (AvgIpc) is 2.76. The third-order valence-electron chi connectivity index (χ3n) is 1.43. The van der Waals surface area contributed by atoms with Crippen molar-refractivity contribution in [3.05, 3.63) is 11.6 Å². The van der Waals surface area contributed by atoms with E-state index in [0.717, 1.165) is 0 Å². The van der Waals surface area contributed by atoms with Gasteiger partial charge in [0.2, 0.25) is 0 Å². The summed E-state index contributed by atoms with van der Waals surface area (Å²) in [6.07, 6.45) is 0. The Morgan fingerprint density at radius 3 is 3.00 bits per heavy atom. The number of aromatic nitrogens is 8. The number of hydrogen-bond acceptors (Lipinski definition) is 7. The second-order valence-corrected chi connectivity index (χ2v) is 2.56. The largest absolute Gasteiger partial charge is 0.221 e. The van der Waals surface area contributed by atoms with Crippen LogP contribution in [0.3, 0.4) is 0 Å². The summed E-state index contributed by atoms with van der Waals surface area (Å²) in [6.45, 7) is 0.402. The molecule has 2 aromatic heterocycles. The molecule has 13 heavy (non-hydrogen) atoms.